The van der Waals surface area contributed by atoms with Crippen LogP contribution >= 0.6 is 0 Å². The largest absolute Gasteiger partial charge is 0.494 e. The number of nitrogens with zero attached hydrogens (tertiary/aromatic N) is 1. The number of furan rings is 1. The van der Waals surface area contributed by atoms with E-state index >= 15 is 0 Å². The lowest BCUT2D eigenvalue weighted by atomic mass is 9.78. The van der Waals surface area contributed by atoms with Crippen LogP contribution in [0.3, 0.4) is 0 Å². The first kappa shape index (κ1) is 14.4. The third-order valence-corrected chi connectivity index (χ3v) is 5.90. The molecule has 0 spiro atoms. The minimum Gasteiger partial charge on any atom is -0.494 e. The molecule has 0 N–H and O–H groups in total. The molecule has 0 amide bonds. The lowest BCUT2D eigenvalue weighted by Gasteiger charge is -2.44. The van der Waals surface area contributed by atoms with Crippen LogP contribution in [0, 0.1) is 11.8 Å². The summed E-state index contributed by atoms with van der Waals surface area (Å²) in [5.74, 6) is 2.71. The van der Waals surface area contributed by atoms with Gasteiger partial charge in [0, 0.05) is 17.3 Å². The Kier molecular flexibility index (Phi) is 3.48. The molecule has 0 saturated carbocycles. The van der Waals surface area contributed by atoms with Crippen molar-refractivity contribution in [1.82, 2.24) is 4.90 Å². The maximum atomic E-state index is 6.08. The summed E-state index contributed by atoms with van der Waals surface area (Å²) in [5.41, 5.74) is 1.87. The molecule has 3 heteroatoms. The summed E-state index contributed by atoms with van der Waals surface area (Å²) in [6.45, 7) is 4.72. The Hall–Kier alpha value is -2.00. The molecule has 3 nitrogen and oxygen atoms in total. The Labute approximate surface area is 142 Å². The van der Waals surface area contributed by atoms with Crippen molar-refractivity contribution in [3.63, 3.8) is 0 Å². The molecular weight excluding hydrogens is 298 g/mol. The van der Waals surface area contributed by atoms with Gasteiger partial charge in [-0.25, -0.2) is 0 Å². The second-order valence-electron chi connectivity index (χ2n) is 7.29. The highest BCUT2D eigenvalue weighted by Crippen LogP contribution is 2.35. The zero-order valence-electron chi connectivity index (χ0n) is 13.9. The van der Waals surface area contributed by atoms with Crippen LogP contribution in [0.5, 0.6) is 5.75 Å². The van der Waals surface area contributed by atoms with E-state index in [2.05, 4.69) is 23.1 Å². The summed E-state index contributed by atoms with van der Waals surface area (Å²) in [6.07, 6.45) is 3.95. The molecule has 0 aliphatic carbocycles. The van der Waals surface area contributed by atoms with Gasteiger partial charge in [-0.1, -0.05) is 18.2 Å². The first-order valence-electron chi connectivity index (χ1n) is 9.13. The van der Waals surface area contributed by atoms with E-state index in [4.69, 9.17) is 9.15 Å². The summed E-state index contributed by atoms with van der Waals surface area (Å²) in [7, 11) is 0. The van der Waals surface area contributed by atoms with Crippen molar-refractivity contribution >= 4 is 21.9 Å². The molecule has 3 aliphatic heterocycles. The molecule has 2 bridgehead atoms. The highest BCUT2D eigenvalue weighted by Gasteiger charge is 2.33. The number of ether oxygens (including phenoxy) is 1. The van der Waals surface area contributed by atoms with Crippen LogP contribution in [0.15, 0.2) is 46.9 Å². The van der Waals surface area contributed by atoms with E-state index in [1.165, 1.54) is 38.9 Å². The summed E-state index contributed by atoms with van der Waals surface area (Å²) in [6, 6.07) is 14.4. The Bertz CT molecular complexity index is 861. The van der Waals surface area contributed by atoms with Gasteiger partial charge in [0.1, 0.15) is 16.9 Å². The first-order chi connectivity index (χ1) is 11.9. The van der Waals surface area contributed by atoms with E-state index in [-0.39, 0.29) is 0 Å². The van der Waals surface area contributed by atoms with E-state index in [1.54, 1.807) is 0 Å². The molecule has 124 valence electrons. The van der Waals surface area contributed by atoms with E-state index in [9.17, 15) is 0 Å². The van der Waals surface area contributed by atoms with Gasteiger partial charge < -0.3 is 14.1 Å². The van der Waals surface area contributed by atoms with Crippen molar-refractivity contribution in [3.05, 3.63) is 42.5 Å². The van der Waals surface area contributed by atoms with Gasteiger partial charge in [-0.05, 0) is 68.5 Å². The maximum Gasteiger partial charge on any atom is 0.135 e. The highest BCUT2D eigenvalue weighted by atomic mass is 16.5. The quantitative estimate of drug-likeness (QED) is 0.697. The van der Waals surface area contributed by atoms with Gasteiger partial charge in [0.25, 0.3) is 0 Å². The van der Waals surface area contributed by atoms with Crippen LogP contribution < -0.4 is 4.74 Å². The van der Waals surface area contributed by atoms with Crippen molar-refractivity contribution in [2.75, 3.05) is 26.2 Å². The normalized spacial score (nSPS) is 26.2. The fourth-order valence-corrected chi connectivity index (χ4v) is 4.54. The predicted molar refractivity (Wildman–Crippen MR) is 96.5 cm³/mol. The van der Waals surface area contributed by atoms with Crippen molar-refractivity contribution in [1.29, 1.82) is 0 Å². The van der Waals surface area contributed by atoms with E-state index < -0.39 is 0 Å². The zero-order valence-corrected chi connectivity index (χ0v) is 13.9. The van der Waals surface area contributed by atoms with Crippen LogP contribution in [0.25, 0.3) is 21.9 Å². The third kappa shape index (κ3) is 2.48. The van der Waals surface area contributed by atoms with Crippen LogP contribution in [-0.2, 0) is 0 Å². The lowest BCUT2D eigenvalue weighted by Crippen LogP contribution is -2.47. The Morgan fingerprint density at radius 2 is 1.83 bits per heavy atom. The molecule has 3 saturated heterocycles. The first-order valence-corrected chi connectivity index (χ1v) is 9.13. The number of benzene rings is 2. The summed E-state index contributed by atoms with van der Waals surface area (Å²) >= 11 is 0. The summed E-state index contributed by atoms with van der Waals surface area (Å²) in [4.78, 5) is 2.62. The van der Waals surface area contributed by atoms with Crippen molar-refractivity contribution in [2.45, 2.75) is 19.3 Å². The third-order valence-electron chi connectivity index (χ3n) is 5.90. The van der Waals surface area contributed by atoms with E-state index in [0.717, 1.165) is 46.1 Å². The molecule has 1 unspecified atom stereocenters. The standard InChI is InChI=1S/C21H23NO2/c1-2-4-20-18(3-1)19-13-17(5-6-21(19)24-20)23-12-9-16-14-22-10-7-15(16)8-11-22/h1-6,13,15-16H,7-12,14H2. The number of rotatable bonds is 4. The van der Waals surface area contributed by atoms with Crippen molar-refractivity contribution < 1.29 is 9.15 Å². The van der Waals surface area contributed by atoms with Gasteiger partial charge >= 0.3 is 0 Å². The summed E-state index contributed by atoms with van der Waals surface area (Å²) < 4.78 is 12.0. The molecule has 1 aromatic heterocycles. The maximum absolute atomic E-state index is 6.08. The molecule has 4 heterocycles. The van der Waals surface area contributed by atoms with Gasteiger partial charge in [0.2, 0.25) is 0 Å². The lowest BCUT2D eigenvalue weighted by molar-refractivity contribution is 0.0397. The zero-order chi connectivity index (χ0) is 15.9. The number of para-hydroxylation sites is 1. The summed E-state index contributed by atoms with van der Waals surface area (Å²) in [5, 5.41) is 2.31. The average molecular weight is 321 g/mol. The number of hydrogen-bond donors (Lipinski definition) is 0. The van der Waals surface area contributed by atoms with Crippen LogP contribution in [0.1, 0.15) is 19.3 Å². The van der Waals surface area contributed by atoms with Gasteiger partial charge in [0.05, 0.1) is 6.61 Å². The topological polar surface area (TPSA) is 25.6 Å². The molecule has 3 aromatic rings. The Morgan fingerprint density at radius 3 is 2.67 bits per heavy atom. The Morgan fingerprint density at radius 1 is 1.00 bits per heavy atom. The molecule has 3 fully saturated rings. The monoisotopic (exact) mass is 321 g/mol. The number of fused-ring (bicyclic) bond motifs is 6. The molecule has 6 rings (SSSR count). The van der Waals surface area contributed by atoms with Gasteiger partial charge in [-0.2, -0.15) is 0 Å². The van der Waals surface area contributed by atoms with E-state index in [0.29, 0.717) is 0 Å². The second-order valence-corrected chi connectivity index (χ2v) is 7.29. The molecule has 0 radical (unpaired) electrons. The molecule has 24 heavy (non-hydrogen) atoms. The highest BCUT2D eigenvalue weighted by molar-refractivity contribution is 6.05. The molecular formula is C21H23NO2. The smallest absolute Gasteiger partial charge is 0.135 e. The fraction of sp³-hybridized carbons (Fsp3) is 0.429. The molecule has 3 aliphatic rings. The van der Waals surface area contributed by atoms with Crippen LogP contribution in [0.4, 0.5) is 0 Å². The second kappa shape index (κ2) is 5.82. The van der Waals surface area contributed by atoms with Crippen molar-refractivity contribution in [3.8, 4) is 5.75 Å². The average Bonchev–Trinajstić information content (AvgIpc) is 3.01. The number of piperidine rings is 3. The van der Waals surface area contributed by atoms with Gasteiger partial charge in [0.15, 0.2) is 0 Å². The van der Waals surface area contributed by atoms with Crippen LogP contribution in [-0.4, -0.2) is 31.1 Å². The minimum atomic E-state index is 0.816. The Balaban J connectivity index is 1.29. The molecule has 2 aromatic carbocycles. The molecule has 1 atom stereocenters. The van der Waals surface area contributed by atoms with Crippen LogP contribution in [0.2, 0.25) is 0 Å². The van der Waals surface area contributed by atoms with Crippen molar-refractivity contribution in [2.24, 2.45) is 11.8 Å². The van der Waals surface area contributed by atoms with Gasteiger partial charge in [-0.15, -0.1) is 0 Å². The number of hydrogen-bond acceptors (Lipinski definition) is 3. The SMILES string of the molecule is c1ccc2c(c1)oc1ccc(OCCC3CN4CCC3CC4)cc12. The predicted octanol–water partition coefficient (Wildman–Crippen LogP) is 4.70. The fourth-order valence-electron chi connectivity index (χ4n) is 4.54. The minimum absolute atomic E-state index is 0.816. The van der Waals surface area contributed by atoms with E-state index in [1.807, 2.05) is 24.3 Å². The van der Waals surface area contributed by atoms with Gasteiger partial charge in [-0.3, -0.25) is 0 Å².